The third-order valence-corrected chi connectivity index (χ3v) is 5.74. The molecule has 2 aromatic carbocycles. The van der Waals surface area contributed by atoms with Crippen LogP contribution in [0.1, 0.15) is 28.9 Å². The van der Waals surface area contributed by atoms with E-state index in [0.29, 0.717) is 22.8 Å². The standard InChI is InChI=1S/C25H22BrN3O3/c1-15(17-4-7-23(31-2)24(12-17)32-3)28-25(30)20-14-22(16-8-10-27-11-9-16)29-21-6-5-18(26)13-19(20)21/h4-15H,1-3H3,(H,28,30). The van der Waals surface area contributed by atoms with E-state index in [4.69, 9.17) is 14.5 Å². The molecule has 7 heteroatoms. The number of amides is 1. The van der Waals surface area contributed by atoms with Gasteiger partial charge in [-0.3, -0.25) is 9.78 Å². The van der Waals surface area contributed by atoms with Crippen LogP contribution in [0.5, 0.6) is 11.5 Å². The molecule has 6 nitrogen and oxygen atoms in total. The summed E-state index contributed by atoms with van der Waals surface area (Å²) in [5.74, 6) is 1.07. The number of carbonyl (C=O) groups is 1. The molecular formula is C25H22BrN3O3. The molecule has 1 amide bonds. The number of nitrogens with one attached hydrogen (secondary N) is 1. The molecule has 2 aromatic heterocycles. The average molecular weight is 492 g/mol. The molecule has 1 N–H and O–H groups in total. The zero-order valence-corrected chi connectivity index (χ0v) is 19.5. The van der Waals surface area contributed by atoms with Crippen molar-refractivity contribution in [3.8, 4) is 22.8 Å². The van der Waals surface area contributed by atoms with Gasteiger partial charge in [-0.2, -0.15) is 0 Å². The van der Waals surface area contributed by atoms with E-state index in [2.05, 4.69) is 26.2 Å². The first kappa shape index (κ1) is 21.8. The van der Waals surface area contributed by atoms with Crippen molar-refractivity contribution in [2.75, 3.05) is 14.2 Å². The van der Waals surface area contributed by atoms with Crippen LogP contribution in [-0.4, -0.2) is 30.1 Å². The minimum absolute atomic E-state index is 0.187. The molecule has 32 heavy (non-hydrogen) atoms. The lowest BCUT2D eigenvalue weighted by molar-refractivity contribution is 0.0941. The Morgan fingerprint density at radius 2 is 1.72 bits per heavy atom. The van der Waals surface area contributed by atoms with Crippen molar-refractivity contribution in [3.05, 3.63) is 82.6 Å². The molecule has 4 rings (SSSR count). The number of hydrogen-bond donors (Lipinski definition) is 1. The van der Waals surface area contributed by atoms with Gasteiger partial charge in [-0.05, 0) is 61.0 Å². The molecule has 0 aliphatic heterocycles. The van der Waals surface area contributed by atoms with Crippen LogP contribution in [0, 0.1) is 0 Å². The average Bonchev–Trinajstić information content (AvgIpc) is 2.83. The molecule has 0 spiro atoms. The predicted molar refractivity (Wildman–Crippen MR) is 128 cm³/mol. The largest absolute Gasteiger partial charge is 0.493 e. The number of carbonyl (C=O) groups excluding carboxylic acids is 1. The lowest BCUT2D eigenvalue weighted by Crippen LogP contribution is -2.27. The van der Waals surface area contributed by atoms with E-state index in [1.807, 2.05) is 61.5 Å². The van der Waals surface area contributed by atoms with Crippen molar-refractivity contribution in [2.45, 2.75) is 13.0 Å². The highest BCUT2D eigenvalue weighted by molar-refractivity contribution is 9.10. The van der Waals surface area contributed by atoms with Gasteiger partial charge in [0.2, 0.25) is 0 Å². The number of rotatable bonds is 6. The summed E-state index contributed by atoms with van der Waals surface area (Å²) in [5.41, 5.74) is 3.81. The number of hydrogen-bond acceptors (Lipinski definition) is 5. The molecule has 0 bridgehead atoms. The van der Waals surface area contributed by atoms with Crippen LogP contribution in [0.2, 0.25) is 0 Å². The van der Waals surface area contributed by atoms with E-state index in [1.165, 1.54) is 0 Å². The van der Waals surface area contributed by atoms with Gasteiger partial charge in [0.05, 0.1) is 37.0 Å². The zero-order chi connectivity index (χ0) is 22.7. The second kappa shape index (κ2) is 9.36. The summed E-state index contributed by atoms with van der Waals surface area (Å²) < 4.78 is 11.6. The number of methoxy groups -OCH3 is 2. The van der Waals surface area contributed by atoms with Crippen LogP contribution in [-0.2, 0) is 0 Å². The summed E-state index contributed by atoms with van der Waals surface area (Å²) in [6.45, 7) is 1.93. The molecule has 4 aromatic rings. The zero-order valence-electron chi connectivity index (χ0n) is 17.9. The SMILES string of the molecule is COc1ccc(C(C)NC(=O)c2cc(-c3ccncc3)nc3ccc(Br)cc23)cc1OC. The Morgan fingerprint density at radius 3 is 2.44 bits per heavy atom. The third-order valence-electron chi connectivity index (χ3n) is 5.25. The molecule has 0 fully saturated rings. The van der Waals surface area contributed by atoms with Crippen molar-refractivity contribution in [1.29, 1.82) is 0 Å². The molecule has 0 radical (unpaired) electrons. The maximum Gasteiger partial charge on any atom is 0.252 e. The van der Waals surface area contributed by atoms with Gasteiger partial charge in [-0.1, -0.05) is 22.0 Å². The first-order valence-corrected chi connectivity index (χ1v) is 10.8. The van der Waals surface area contributed by atoms with E-state index in [-0.39, 0.29) is 11.9 Å². The monoisotopic (exact) mass is 491 g/mol. The fourth-order valence-electron chi connectivity index (χ4n) is 3.54. The van der Waals surface area contributed by atoms with Crippen molar-refractivity contribution < 1.29 is 14.3 Å². The van der Waals surface area contributed by atoms with E-state index >= 15 is 0 Å². The molecule has 1 unspecified atom stereocenters. The van der Waals surface area contributed by atoms with Crippen molar-refractivity contribution in [3.63, 3.8) is 0 Å². The molecule has 0 aliphatic rings. The van der Waals surface area contributed by atoms with E-state index < -0.39 is 0 Å². The molecule has 162 valence electrons. The Bertz CT molecular complexity index is 1280. The van der Waals surface area contributed by atoms with Crippen LogP contribution in [0.4, 0.5) is 0 Å². The van der Waals surface area contributed by atoms with Crippen molar-refractivity contribution in [2.24, 2.45) is 0 Å². The summed E-state index contributed by atoms with van der Waals surface area (Å²) in [6, 6.07) is 16.7. The van der Waals surface area contributed by atoms with E-state index in [0.717, 1.165) is 26.5 Å². The smallest absolute Gasteiger partial charge is 0.252 e. The number of nitrogens with zero attached hydrogens (tertiary/aromatic N) is 2. The van der Waals surface area contributed by atoms with Crippen molar-refractivity contribution >= 4 is 32.7 Å². The number of aromatic nitrogens is 2. The highest BCUT2D eigenvalue weighted by Crippen LogP contribution is 2.31. The number of ether oxygens (including phenoxy) is 2. The highest BCUT2D eigenvalue weighted by atomic mass is 79.9. The number of pyridine rings is 2. The van der Waals surface area contributed by atoms with Gasteiger partial charge in [0.15, 0.2) is 11.5 Å². The number of fused-ring (bicyclic) bond motifs is 1. The van der Waals surface area contributed by atoms with Gasteiger partial charge < -0.3 is 14.8 Å². The first-order chi connectivity index (χ1) is 15.5. The summed E-state index contributed by atoms with van der Waals surface area (Å²) in [7, 11) is 3.18. The van der Waals surface area contributed by atoms with E-state index in [9.17, 15) is 4.79 Å². The molecule has 2 heterocycles. The Kier molecular flexibility index (Phi) is 6.37. The summed E-state index contributed by atoms with van der Waals surface area (Å²) >= 11 is 3.50. The van der Waals surface area contributed by atoms with Gasteiger partial charge >= 0.3 is 0 Å². The third kappa shape index (κ3) is 4.43. The van der Waals surface area contributed by atoms with Crippen molar-refractivity contribution in [1.82, 2.24) is 15.3 Å². The van der Waals surface area contributed by atoms with Gasteiger partial charge in [0.1, 0.15) is 0 Å². The van der Waals surface area contributed by atoms with E-state index in [1.54, 1.807) is 26.6 Å². The fourth-order valence-corrected chi connectivity index (χ4v) is 3.90. The summed E-state index contributed by atoms with van der Waals surface area (Å²) in [5, 5.41) is 3.87. The van der Waals surface area contributed by atoms with Gasteiger partial charge in [0, 0.05) is 27.8 Å². The lowest BCUT2D eigenvalue weighted by atomic mass is 10.0. The molecular weight excluding hydrogens is 470 g/mol. The Balaban J connectivity index is 1.72. The van der Waals surface area contributed by atoms with Gasteiger partial charge in [0.25, 0.3) is 5.91 Å². The predicted octanol–water partition coefficient (Wildman–Crippen LogP) is 5.57. The van der Waals surface area contributed by atoms with Crippen LogP contribution >= 0.6 is 15.9 Å². The van der Waals surface area contributed by atoms with Crippen LogP contribution in [0.3, 0.4) is 0 Å². The summed E-state index contributed by atoms with van der Waals surface area (Å²) in [4.78, 5) is 22.2. The quantitative estimate of drug-likeness (QED) is 0.381. The lowest BCUT2D eigenvalue weighted by Gasteiger charge is -2.18. The minimum atomic E-state index is -0.248. The van der Waals surface area contributed by atoms with Crippen LogP contribution in [0.25, 0.3) is 22.2 Å². The van der Waals surface area contributed by atoms with Gasteiger partial charge in [-0.15, -0.1) is 0 Å². The Morgan fingerprint density at radius 1 is 0.969 bits per heavy atom. The van der Waals surface area contributed by atoms with Crippen LogP contribution in [0.15, 0.2) is 71.5 Å². The number of benzene rings is 2. The second-order valence-corrected chi connectivity index (χ2v) is 8.18. The normalized spacial score (nSPS) is 11.8. The fraction of sp³-hybridized carbons (Fsp3) is 0.160. The molecule has 0 saturated heterocycles. The van der Waals surface area contributed by atoms with Gasteiger partial charge in [-0.25, -0.2) is 4.98 Å². The maximum atomic E-state index is 13.4. The Hall–Kier alpha value is -3.45. The molecule has 0 aliphatic carbocycles. The highest BCUT2D eigenvalue weighted by Gasteiger charge is 2.18. The van der Waals surface area contributed by atoms with Crippen LogP contribution < -0.4 is 14.8 Å². The number of halogens is 1. The topological polar surface area (TPSA) is 73.3 Å². The minimum Gasteiger partial charge on any atom is -0.493 e. The molecule has 0 saturated carbocycles. The molecule has 1 atom stereocenters. The maximum absolute atomic E-state index is 13.4. The first-order valence-electron chi connectivity index (χ1n) is 10.0. The Labute approximate surface area is 194 Å². The summed E-state index contributed by atoms with van der Waals surface area (Å²) in [6.07, 6.45) is 3.42. The second-order valence-electron chi connectivity index (χ2n) is 7.26.